The highest BCUT2D eigenvalue weighted by atomic mass is 31.2. The molecule has 0 saturated carbocycles. The van der Waals surface area contributed by atoms with Gasteiger partial charge >= 0.3 is 7.82 Å². The maximum Gasteiger partial charge on any atom is 0.472 e. The molecule has 14 nitrogen and oxygen atoms in total. The molecule has 57 heavy (non-hydrogen) atoms. The Balaban J connectivity index is 1.21. The molecule has 16 heteroatoms. The second-order valence-electron chi connectivity index (χ2n) is 15.0. The summed E-state index contributed by atoms with van der Waals surface area (Å²) in [5.41, 5.74) is 4.59. The summed E-state index contributed by atoms with van der Waals surface area (Å²) in [6.07, 6.45) is 17.0. The summed E-state index contributed by atoms with van der Waals surface area (Å²) in [5.74, 6) is -0.484. The van der Waals surface area contributed by atoms with Crippen LogP contribution in [0.15, 0.2) is 36.7 Å². The molecule has 0 radical (unpaired) electrons. The number of aliphatic hydroxyl groups excluding tert-OH is 2. The number of hydrogen-bond donors (Lipinski definition) is 4. The van der Waals surface area contributed by atoms with Crippen molar-refractivity contribution in [2.24, 2.45) is 0 Å². The predicted octanol–water partition coefficient (Wildman–Crippen LogP) is 7.92. The summed E-state index contributed by atoms with van der Waals surface area (Å²) in [5, 5.41) is 45.1. The van der Waals surface area contributed by atoms with Crippen molar-refractivity contribution in [3.63, 3.8) is 0 Å². The molecule has 1 unspecified atom stereocenters. The molecule has 5 N–H and O–H groups in total. The largest absolute Gasteiger partial charge is 0.472 e. The SMILES string of the molecule is CCCCCCCCCCCCCCCCCCC[C@H](COP(=O)(O)OC[C@H]1O[C@@](C#N)(c2ccc3c(N)ncnn23)[C@H](O)[C@@H]1O)OCc1ccc(C#N)cc1F. The maximum absolute atomic E-state index is 14.6. The molecule has 0 aliphatic carbocycles. The van der Waals surface area contributed by atoms with Gasteiger partial charge in [0.1, 0.15) is 42.0 Å². The molecule has 0 amide bonds. The fourth-order valence-electron chi connectivity index (χ4n) is 7.19. The van der Waals surface area contributed by atoms with Crippen LogP contribution in [0.2, 0.25) is 0 Å². The molecule has 4 rings (SSSR count). The molecule has 1 aromatic carbocycles. The van der Waals surface area contributed by atoms with Crippen LogP contribution < -0.4 is 5.73 Å². The van der Waals surface area contributed by atoms with Gasteiger partial charge in [0, 0.05) is 5.56 Å². The molecule has 0 spiro atoms. The van der Waals surface area contributed by atoms with Crippen molar-refractivity contribution >= 4 is 19.2 Å². The number of phosphoric acid groups is 1. The zero-order chi connectivity index (χ0) is 41.1. The Morgan fingerprint density at radius 1 is 0.947 bits per heavy atom. The van der Waals surface area contributed by atoms with Gasteiger partial charge in [-0.3, -0.25) is 9.05 Å². The van der Waals surface area contributed by atoms with E-state index in [-0.39, 0.29) is 35.9 Å². The van der Waals surface area contributed by atoms with E-state index in [1.165, 1.54) is 112 Å². The van der Waals surface area contributed by atoms with E-state index in [0.717, 1.165) is 38.1 Å². The summed E-state index contributed by atoms with van der Waals surface area (Å²) >= 11 is 0. The van der Waals surface area contributed by atoms with Crippen molar-refractivity contribution in [2.75, 3.05) is 18.9 Å². The number of aromatic nitrogens is 3. The third kappa shape index (κ3) is 13.8. The van der Waals surface area contributed by atoms with Gasteiger partial charge in [-0.25, -0.2) is 18.5 Å². The first-order valence-electron chi connectivity index (χ1n) is 20.5. The number of nitrogens with two attached hydrogens (primary N) is 1. The average Bonchev–Trinajstić information content (AvgIpc) is 3.75. The molecule has 3 aromatic rings. The first kappa shape index (κ1) is 46.2. The first-order chi connectivity index (χ1) is 27.5. The van der Waals surface area contributed by atoms with E-state index >= 15 is 0 Å². The van der Waals surface area contributed by atoms with Gasteiger partial charge in [0.2, 0.25) is 5.60 Å². The van der Waals surface area contributed by atoms with Crippen LogP contribution >= 0.6 is 7.82 Å². The van der Waals surface area contributed by atoms with Crippen LogP contribution in [-0.4, -0.2) is 67.3 Å². The molecular formula is C41H60FN6O8P. The van der Waals surface area contributed by atoms with E-state index in [1.54, 1.807) is 0 Å². The lowest BCUT2D eigenvalue weighted by Crippen LogP contribution is -2.41. The summed E-state index contributed by atoms with van der Waals surface area (Å²) < 4.78 is 51.1. The number of unbranched alkanes of at least 4 members (excludes halogenated alkanes) is 16. The Morgan fingerprint density at radius 2 is 1.56 bits per heavy atom. The number of nitrogen functional groups attached to an aromatic ring is 1. The van der Waals surface area contributed by atoms with E-state index in [4.69, 9.17) is 29.5 Å². The topological polar surface area (TPSA) is 218 Å². The standard InChI is InChI=1S/C41H60FN6O8P/c1-2-3-4-5-6-7-8-9-10-11-12-13-14-15-16-17-18-19-33(53-26-32-21-20-31(25-43)24-34(32)42)27-54-57(51,52)55-28-36-38(49)39(50)41(29-44,56-36)37-23-22-35-40(45)46-30-47-48(35)37/h20-24,30,33,36,38-39,49-50H,2-19,26-28H2,1H3,(H,51,52)(H2,45,46,47)/t33-,36-,38-,39-,41+/m1/s1. The second-order valence-corrected chi connectivity index (χ2v) is 16.4. The minimum absolute atomic E-state index is 0.0645. The lowest BCUT2D eigenvalue weighted by atomic mass is 9.92. The highest BCUT2D eigenvalue weighted by molar-refractivity contribution is 7.47. The number of nitriles is 2. The zero-order valence-electron chi connectivity index (χ0n) is 33.1. The van der Waals surface area contributed by atoms with Gasteiger partial charge in [0.25, 0.3) is 0 Å². The van der Waals surface area contributed by atoms with Gasteiger partial charge in [-0.05, 0) is 30.7 Å². The Labute approximate surface area is 335 Å². The molecule has 1 saturated heterocycles. The van der Waals surface area contributed by atoms with E-state index in [9.17, 15) is 29.3 Å². The molecule has 1 fully saturated rings. The van der Waals surface area contributed by atoms with E-state index in [2.05, 4.69) is 17.0 Å². The quantitative estimate of drug-likeness (QED) is 0.0405. The molecule has 2 aromatic heterocycles. The normalized spacial score (nSPS) is 21.0. The summed E-state index contributed by atoms with van der Waals surface area (Å²) in [6, 6.07) is 10.8. The Kier molecular flexibility index (Phi) is 19.3. The third-order valence-electron chi connectivity index (χ3n) is 10.6. The minimum atomic E-state index is -4.78. The Bertz CT molecular complexity index is 1800. The fraction of sp³-hybridized carbons (Fsp3) is 0.659. The van der Waals surface area contributed by atoms with Crippen LogP contribution in [0.4, 0.5) is 10.2 Å². The molecule has 1 aliphatic heterocycles. The van der Waals surface area contributed by atoms with Crippen molar-refractivity contribution < 1.29 is 42.6 Å². The zero-order valence-corrected chi connectivity index (χ0v) is 34.0. The van der Waals surface area contributed by atoms with Crippen LogP contribution in [0.1, 0.15) is 139 Å². The number of anilines is 1. The summed E-state index contributed by atoms with van der Waals surface area (Å²) in [7, 11) is -4.78. The van der Waals surface area contributed by atoms with Crippen LogP contribution in [0.3, 0.4) is 0 Å². The smallest absolute Gasteiger partial charge is 0.387 e. The molecule has 1 aliphatic rings. The highest BCUT2D eigenvalue weighted by Crippen LogP contribution is 2.46. The number of aliphatic hydroxyl groups is 2. The van der Waals surface area contributed by atoms with Crippen LogP contribution in [-0.2, 0) is 35.3 Å². The van der Waals surface area contributed by atoms with E-state index < -0.39 is 50.3 Å². The number of ether oxygens (including phenoxy) is 2. The molecule has 3 heterocycles. The maximum atomic E-state index is 14.6. The van der Waals surface area contributed by atoms with Gasteiger partial charge in [0.05, 0.1) is 43.3 Å². The minimum Gasteiger partial charge on any atom is -0.387 e. The lowest BCUT2D eigenvalue weighted by molar-refractivity contribution is -0.0658. The third-order valence-corrected chi connectivity index (χ3v) is 11.5. The van der Waals surface area contributed by atoms with Crippen molar-refractivity contribution in [3.8, 4) is 12.1 Å². The molecular weight excluding hydrogens is 754 g/mol. The van der Waals surface area contributed by atoms with Gasteiger partial charge in [-0.1, -0.05) is 122 Å². The monoisotopic (exact) mass is 814 g/mol. The molecule has 314 valence electrons. The second kappa shape index (κ2) is 23.8. The number of benzene rings is 1. The number of phosphoric ester groups is 1. The van der Waals surface area contributed by atoms with E-state index in [0.29, 0.717) is 11.9 Å². The number of nitrogens with zero attached hydrogens (tertiary/aromatic N) is 5. The number of halogens is 1. The number of hydrogen-bond acceptors (Lipinski definition) is 12. The first-order valence-corrected chi connectivity index (χ1v) is 22.0. The highest BCUT2D eigenvalue weighted by Gasteiger charge is 2.58. The number of rotatable bonds is 28. The summed E-state index contributed by atoms with van der Waals surface area (Å²) in [4.78, 5) is 14.5. The van der Waals surface area contributed by atoms with Crippen molar-refractivity contribution in [3.05, 3.63) is 59.3 Å². The Hall–Kier alpha value is -3.50. The van der Waals surface area contributed by atoms with Crippen molar-refractivity contribution in [2.45, 2.75) is 159 Å². The molecule has 0 bridgehead atoms. The van der Waals surface area contributed by atoms with Crippen LogP contribution in [0, 0.1) is 28.5 Å². The fourth-order valence-corrected chi connectivity index (χ4v) is 7.95. The van der Waals surface area contributed by atoms with Crippen molar-refractivity contribution in [1.82, 2.24) is 14.6 Å². The lowest BCUT2D eigenvalue weighted by Gasteiger charge is -2.24. The van der Waals surface area contributed by atoms with E-state index in [1.807, 2.05) is 12.1 Å². The van der Waals surface area contributed by atoms with Crippen LogP contribution in [0.5, 0.6) is 0 Å². The predicted molar refractivity (Wildman–Crippen MR) is 212 cm³/mol. The van der Waals surface area contributed by atoms with Gasteiger partial charge < -0.3 is 30.3 Å². The number of fused-ring (bicyclic) bond motifs is 1. The van der Waals surface area contributed by atoms with Gasteiger partial charge in [-0.15, -0.1) is 0 Å². The van der Waals surface area contributed by atoms with Gasteiger partial charge in [-0.2, -0.15) is 15.6 Å². The average molecular weight is 815 g/mol. The molecule has 6 atom stereocenters. The van der Waals surface area contributed by atoms with Gasteiger partial charge in [0.15, 0.2) is 5.82 Å². The Morgan fingerprint density at radius 3 is 2.14 bits per heavy atom. The summed E-state index contributed by atoms with van der Waals surface area (Å²) in [6.45, 7) is 1.03. The van der Waals surface area contributed by atoms with Crippen molar-refractivity contribution in [1.29, 1.82) is 10.5 Å². The van der Waals surface area contributed by atoms with Crippen LogP contribution in [0.25, 0.3) is 5.52 Å².